The zero-order valence-electron chi connectivity index (χ0n) is 15.1. The fourth-order valence-corrected chi connectivity index (χ4v) is 3.25. The van der Waals surface area contributed by atoms with Crippen molar-refractivity contribution in [2.75, 3.05) is 26.2 Å². The molecule has 0 spiro atoms. The van der Waals surface area contributed by atoms with Crippen molar-refractivity contribution in [1.82, 2.24) is 15.1 Å². The van der Waals surface area contributed by atoms with Crippen molar-refractivity contribution in [3.8, 4) is 0 Å². The van der Waals surface area contributed by atoms with E-state index in [1.165, 1.54) is 12.1 Å². The summed E-state index contributed by atoms with van der Waals surface area (Å²) in [6, 6.07) is 7.55. The van der Waals surface area contributed by atoms with Crippen LogP contribution in [0.5, 0.6) is 0 Å². The van der Waals surface area contributed by atoms with Gasteiger partial charge in [-0.1, -0.05) is 26.0 Å². The highest BCUT2D eigenvalue weighted by molar-refractivity contribution is 5.78. The summed E-state index contributed by atoms with van der Waals surface area (Å²) in [7, 11) is 0. The molecule has 1 aliphatic rings. The van der Waals surface area contributed by atoms with E-state index in [9.17, 15) is 9.18 Å². The second kappa shape index (κ2) is 9.14. The summed E-state index contributed by atoms with van der Waals surface area (Å²) in [6.07, 6.45) is 2.17. The van der Waals surface area contributed by atoms with Gasteiger partial charge in [0.1, 0.15) is 5.82 Å². The van der Waals surface area contributed by atoms with Gasteiger partial charge in [0.2, 0.25) is 5.91 Å². The lowest BCUT2D eigenvalue weighted by Gasteiger charge is -2.34. The summed E-state index contributed by atoms with van der Waals surface area (Å²) >= 11 is 0. The minimum Gasteiger partial charge on any atom is -0.338 e. The lowest BCUT2D eigenvalue weighted by atomic mass is 10.0. The number of amides is 1. The van der Waals surface area contributed by atoms with Crippen molar-refractivity contribution in [3.05, 3.63) is 35.6 Å². The molecular formula is C19H30FN3O. The van der Waals surface area contributed by atoms with Gasteiger partial charge in [0.05, 0.1) is 6.54 Å². The Balaban J connectivity index is 1.82. The average molecular weight is 335 g/mol. The number of rotatable bonds is 7. The minimum atomic E-state index is -0.254. The molecule has 0 radical (unpaired) electrons. The molecule has 1 fully saturated rings. The third-order valence-corrected chi connectivity index (χ3v) is 4.51. The molecule has 1 aromatic carbocycles. The monoisotopic (exact) mass is 335 g/mol. The molecule has 5 heteroatoms. The second-order valence-corrected chi connectivity index (χ2v) is 6.91. The van der Waals surface area contributed by atoms with Gasteiger partial charge in [-0.25, -0.2) is 4.39 Å². The summed E-state index contributed by atoms with van der Waals surface area (Å²) in [6.45, 7) is 9.77. The van der Waals surface area contributed by atoms with Gasteiger partial charge in [-0.15, -0.1) is 0 Å². The van der Waals surface area contributed by atoms with Crippen molar-refractivity contribution in [2.24, 2.45) is 0 Å². The van der Waals surface area contributed by atoms with Crippen LogP contribution in [0, 0.1) is 5.82 Å². The maximum atomic E-state index is 13.3. The highest BCUT2D eigenvalue weighted by atomic mass is 19.1. The minimum absolute atomic E-state index is 0.122. The Bertz CT molecular complexity index is 527. The maximum Gasteiger partial charge on any atom is 0.237 e. The molecule has 0 atom stereocenters. The van der Waals surface area contributed by atoms with Gasteiger partial charge >= 0.3 is 0 Å². The third-order valence-electron chi connectivity index (χ3n) is 4.51. The molecule has 0 aliphatic carbocycles. The summed E-state index contributed by atoms with van der Waals surface area (Å²) < 4.78 is 13.3. The number of nitrogens with zero attached hydrogens (tertiary/aromatic N) is 2. The Morgan fingerprint density at radius 1 is 1.38 bits per heavy atom. The van der Waals surface area contributed by atoms with Gasteiger partial charge in [-0.2, -0.15) is 0 Å². The van der Waals surface area contributed by atoms with Crippen LogP contribution in [-0.4, -0.2) is 54.0 Å². The maximum absolute atomic E-state index is 13.3. The number of nitrogens with one attached hydrogen (secondary N) is 1. The molecule has 1 amide bonds. The number of carbonyl (C=O) groups excluding carboxylic acids is 1. The van der Waals surface area contributed by atoms with Crippen LogP contribution in [0.15, 0.2) is 24.3 Å². The van der Waals surface area contributed by atoms with E-state index >= 15 is 0 Å². The molecule has 24 heavy (non-hydrogen) atoms. The van der Waals surface area contributed by atoms with Gasteiger partial charge in [-0.3, -0.25) is 9.69 Å². The van der Waals surface area contributed by atoms with E-state index in [-0.39, 0.29) is 11.7 Å². The zero-order valence-corrected chi connectivity index (χ0v) is 15.1. The number of halogens is 1. The van der Waals surface area contributed by atoms with Crippen LogP contribution in [0.25, 0.3) is 0 Å². The molecule has 1 aliphatic heterocycles. The van der Waals surface area contributed by atoms with Crippen molar-refractivity contribution in [2.45, 2.75) is 52.2 Å². The molecule has 0 saturated carbocycles. The lowest BCUT2D eigenvalue weighted by molar-refractivity contribution is -0.133. The summed E-state index contributed by atoms with van der Waals surface area (Å²) in [5.74, 6) is -0.132. The fraction of sp³-hybridized carbons (Fsp3) is 0.632. The number of likely N-dealkylation sites (tertiary alicyclic amines) is 1. The van der Waals surface area contributed by atoms with Crippen molar-refractivity contribution < 1.29 is 9.18 Å². The molecule has 1 heterocycles. The molecular weight excluding hydrogens is 305 g/mol. The van der Waals surface area contributed by atoms with E-state index in [1.807, 2.05) is 13.0 Å². The van der Waals surface area contributed by atoms with Gasteiger partial charge in [0.25, 0.3) is 0 Å². The summed E-state index contributed by atoms with van der Waals surface area (Å²) in [5.41, 5.74) is 0.838. The Morgan fingerprint density at radius 2 is 2.08 bits per heavy atom. The first-order valence-electron chi connectivity index (χ1n) is 8.98. The van der Waals surface area contributed by atoms with E-state index in [2.05, 4.69) is 24.1 Å². The smallest absolute Gasteiger partial charge is 0.237 e. The molecule has 1 aromatic rings. The Kier molecular flexibility index (Phi) is 7.18. The molecule has 1 N–H and O–H groups in total. The van der Waals surface area contributed by atoms with Gasteiger partial charge in [0, 0.05) is 38.3 Å². The summed E-state index contributed by atoms with van der Waals surface area (Å²) in [5, 5.41) is 3.57. The highest BCUT2D eigenvalue weighted by Gasteiger charge is 2.22. The Labute approximate surface area is 145 Å². The number of carbonyl (C=O) groups is 1. The first kappa shape index (κ1) is 18.9. The van der Waals surface area contributed by atoms with Gasteiger partial charge in [0.15, 0.2) is 0 Å². The number of likely N-dealkylation sites (N-methyl/N-ethyl adjacent to an activating group) is 1. The normalized spacial score (nSPS) is 16.5. The van der Waals surface area contributed by atoms with E-state index in [1.54, 1.807) is 11.0 Å². The number of hydrogen-bond donors (Lipinski definition) is 1. The Morgan fingerprint density at radius 3 is 2.67 bits per heavy atom. The highest BCUT2D eigenvalue weighted by Crippen LogP contribution is 2.12. The van der Waals surface area contributed by atoms with E-state index in [0.29, 0.717) is 31.7 Å². The fourth-order valence-electron chi connectivity index (χ4n) is 3.25. The summed E-state index contributed by atoms with van der Waals surface area (Å²) in [4.78, 5) is 16.6. The van der Waals surface area contributed by atoms with E-state index in [0.717, 1.165) is 31.5 Å². The number of piperidine rings is 1. The first-order chi connectivity index (χ1) is 11.5. The Hall–Kier alpha value is -1.46. The van der Waals surface area contributed by atoms with Crippen LogP contribution < -0.4 is 5.32 Å². The van der Waals surface area contributed by atoms with Crippen molar-refractivity contribution in [1.29, 1.82) is 0 Å². The second-order valence-electron chi connectivity index (χ2n) is 6.91. The topological polar surface area (TPSA) is 35.6 Å². The predicted octanol–water partition coefficient (Wildman–Crippen LogP) is 2.64. The van der Waals surface area contributed by atoms with Crippen LogP contribution >= 0.6 is 0 Å². The van der Waals surface area contributed by atoms with Crippen LogP contribution in [-0.2, 0) is 11.3 Å². The van der Waals surface area contributed by atoms with Crippen LogP contribution in [0.4, 0.5) is 4.39 Å². The van der Waals surface area contributed by atoms with E-state index < -0.39 is 0 Å². The van der Waals surface area contributed by atoms with Gasteiger partial charge < -0.3 is 10.2 Å². The quantitative estimate of drug-likeness (QED) is 0.832. The van der Waals surface area contributed by atoms with Crippen LogP contribution in [0.2, 0.25) is 0 Å². The standard InChI is InChI=1S/C19H30FN3O/c1-4-23(13-16-6-5-7-17(20)12-16)19(24)14-22-10-8-18(9-11-22)21-15(2)3/h5-7,12,15,18,21H,4,8-11,13-14H2,1-3H3. The predicted molar refractivity (Wildman–Crippen MR) is 95.2 cm³/mol. The third kappa shape index (κ3) is 5.87. The van der Waals surface area contributed by atoms with Crippen molar-refractivity contribution in [3.63, 3.8) is 0 Å². The number of hydrogen-bond acceptors (Lipinski definition) is 3. The SMILES string of the molecule is CCN(Cc1cccc(F)c1)C(=O)CN1CCC(NC(C)C)CC1. The molecule has 134 valence electrons. The molecule has 0 unspecified atom stereocenters. The zero-order chi connectivity index (χ0) is 17.5. The van der Waals surface area contributed by atoms with Gasteiger partial charge in [-0.05, 0) is 37.5 Å². The molecule has 4 nitrogen and oxygen atoms in total. The molecule has 0 aromatic heterocycles. The molecule has 2 rings (SSSR count). The van der Waals surface area contributed by atoms with E-state index in [4.69, 9.17) is 0 Å². The van der Waals surface area contributed by atoms with Crippen molar-refractivity contribution >= 4 is 5.91 Å². The largest absolute Gasteiger partial charge is 0.338 e. The lowest BCUT2D eigenvalue weighted by Crippen LogP contribution is -2.48. The average Bonchev–Trinajstić information content (AvgIpc) is 2.54. The molecule has 0 bridgehead atoms. The van der Waals surface area contributed by atoms with Crippen LogP contribution in [0.1, 0.15) is 39.2 Å². The first-order valence-corrected chi connectivity index (χ1v) is 8.98. The number of benzene rings is 1. The van der Waals surface area contributed by atoms with Crippen LogP contribution in [0.3, 0.4) is 0 Å². The molecule has 1 saturated heterocycles.